The Bertz CT molecular complexity index is 171. The van der Waals surface area contributed by atoms with Crippen LogP contribution in [0.2, 0.25) is 0 Å². The summed E-state index contributed by atoms with van der Waals surface area (Å²) in [7, 11) is 0. The largest absolute Gasteiger partial charge is 0.393 e. The molecular formula is C13H27NO. The summed E-state index contributed by atoms with van der Waals surface area (Å²) >= 11 is 0. The van der Waals surface area contributed by atoms with E-state index in [9.17, 15) is 5.11 Å². The molecule has 0 unspecified atom stereocenters. The molecule has 0 heterocycles. The van der Waals surface area contributed by atoms with E-state index in [0.29, 0.717) is 11.5 Å². The minimum absolute atomic E-state index is 0.0355. The molecule has 0 aromatic heterocycles. The Balaban J connectivity index is 2.19. The van der Waals surface area contributed by atoms with Gasteiger partial charge >= 0.3 is 0 Å². The maximum atomic E-state index is 9.41. The van der Waals surface area contributed by atoms with Crippen LogP contribution in [-0.2, 0) is 0 Å². The van der Waals surface area contributed by atoms with E-state index in [1.807, 2.05) is 0 Å². The van der Waals surface area contributed by atoms with E-state index in [4.69, 9.17) is 0 Å². The van der Waals surface area contributed by atoms with Crippen molar-refractivity contribution in [3.63, 3.8) is 0 Å². The molecule has 2 N–H and O–H groups in total. The Morgan fingerprint density at radius 3 is 2.33 bits per heavy atom. The Morgan fingerprint density at radius 2 is 1.80 bits per heavy atom. The Hall–Kier alpha value is -0.0800. The van der Waals surface area contributed by atoms with Crippen LogP contribution in [0.25, 0.3) is 0 Å². The van der Waals surface area contributed by atoms with Crippen LogP contribution in [0, 0.1) is 5.41 Å². The lowest BCUT2D eigenvalue weighted by atomic mass is 9.86. The molecule has 1 rings (SSSR count). The summed E-state index contributed by atoms with van der Waals surface area (Å²) in [6.45, 7) is 8.03. The molecule has 0 saturated heterocycles. The van der Waals surface area contributed by atoms with Gasteiger partial charge in [0.15, 0.2) is 0 Å². The van der Waals surface area contributed by atoms with Crippen LogP contribution >= 0.6 is 0 Å². The molecule has 2 heteroatoms. The number of rotatable bonds is 5. The van der Waals surface area contributed by atoms with E-state index in [1.54, 1.807) is 0 Å². The highest BCUT2D eigenvalue weighted by atomic mass is 16.3. The predicted octanol–water partition coefficient (Wildman–Crippen LogP) is 2.71. The minimum Gasteiger partial charge on any atom is -0.393 e. The van der Waals surface area contributed by atoms with E-state index in [-0.39, 0.29) is 6.10 Å². The molecule has 2 nitrogen and oxygen atoms in total. The van der Waals surface area contributed by atoms with E-state index >= 15 is 0 Å². The van der Waals surface area contributed by atoms with Crippen molar-refractivity contribution in [1.29, 1.82) is 0 Å². The van der Waals surface area contributed by atoms with Gasteiger partial charge in [0.2, 0.25) is 0 Å². The van der Waals surface area contributed by atoms with E-state index in [1.165, 1.54) is 12.8 Å². The summed E-state index contributed by atoms with van der Waals surface area (Å²) < 4.78 is 0. The molecule has 0 spiro atoms. The number of hydrogen-bond acceptors (Lipinski definition) is 2. The molecule has 0 atom stereocenters. The van der Waals surface area contributed by atoms with Gasteiger partial charge in [0.05, 0.1) is 6.10 Å². The van der Waals surface area contributed by atoms with Crippen molar-refractivity contribution in [3.05, 3.63) is 0 Å². The van der Waals surface area contributed by atoms with Crippen LogP contribution in [0.15, 0.2) is 0 Å². The highest BCUT2D eigenvalue weighted by molar-refractivity contribution is 4.79. The number of nitrogens with one attached hydrogen (secondary N) is 1. The normalized spacial score (nSPS) is 28.0. The van der Waals surface area contributed by atoms with Crippen molar-refractivity contribution < 1.29 is 5.11 Å². The molecule has 1 saturated carbocycles. The molecule has 0 aromatic carbocycles. The number of aliphatic hydroxyl groups excluding tert-OH is 1. The van der Waals surface area contributed by atoms with E-state index in [0.717, 1.165) is 32.2 Å². The Morgan fingerprint density at radius 1 is 1.20 bits per heavy atom. The molecule has 1 aliphatic carbocycles. The lowest BCUT2D eigenvalue weighted by Gasteiger charge is -2.31. The maximum absolute atomic E-state index is 9.41. The van der Waals surface area contributed by atoms with Crippen molar-refractivity contribution in [3.8, 4) is 0 Å². The van der Waals surface area contributed by atoms with Crippen molar-refractivity contribution in [2.45, 2.75) is 71.4 Å². The second-order valence-corrected chi connectivity index (χ2v) is 5.80. The third kappa shape index (κ3) is 4.98. The lowest BCUT2D eigenvalue weighted by Crippen LogP contribution is -2.39. The average molecular weight is 213 g/mol. The van der Waals surface area contributed by atoms with Gasteiger partial charge in [-0.3, -0.25) is 0 Å². The molecule has 0 radical (unpaired) electrons. The van der Waals surface area contributed by atoms with Crippen molar-refractivity contribution in [2.75, 3.05) is 6.54 Å². The topological polar surface area (TPSA) is 32.3 Å². The van der Waals surface area contributed by atoms with Gasteiger partial charge in [-0.15, -0.1) is 0 Å². The monoisotopic (exact) mass is 213 g/mol. The van der Waals surface area contributed by atoms with E-state index < -0.39 is 0 Å². The first-order chi connectivity index (χ1) is 7.03. The van der Waals surface area contributed by atoms with Crippen LogP contribution in [0.4, 0.5) is 0 Å². The van der Waals surface area contributed by atoms with Crippen molar-refractivity contribution in [1.82, 2.24) is 5.32 Å². The molecule has 1 fully saturated rings. The van der Waals surface area contributed by atoms with Gasteiger partial charge in [0.1, 0.15) is 0 Å². The Labute approximate surface area is 94.5 Å². The standard InChI is InChI=1S/C13H27NO/c1-4-9-13(2,3)10-14-11-5-7-12(15)8-6-11/h11-12,14-15H,4-10H2,1-3H3. The first-order valence-corrected chi connectivity index (χ1v) is 6.45. The van der Waals surface area contributed by atoms with Gasteiger partial charge in [0.25, 0.3) is 0 Å². The highest BCUT2D eigenvalue weighted by Crippen LogP contribution is 2.23. The molecule has 1 aliphatic rings. The lowest BCUT2D eigenvalue weighted by molar-refractivity contribution is 0.113. The van der Waals surface area contributed by atoms with Crippen LogP contribution in [-0.4, -0.2) is 23.8 Å². The first-order valence-electron chi connectivity index (χ1n) is 6.45. The fourth-order valence-electron chi connectivity index (χ4n) is 2.47. The van der Waals surface area contributed by atoms with Crippen LogP contribution < -0.4 is 5.32 Å². The zero-order chi connectivity index (χ0) is 11.3. The molecule has 90 valence electrons. The van der Waals surface area contributed by atoms with E-state index in [2.05, 4.69) is 26.1 Å². The molecule has 0 bridgehead atoms. The zero-order valence-corrected chi connectivity index (χ0v) is 10.6. The molecule has 15 heavy (non-hydrogen) atoms. The third-order valence-electron chi connectivity index (χ3n) is 3.49. The summed E-state index contributed by atoms with van der Waals surface area (Å²) in [5.41, 5.74) is 0.421. The fourth-order valence-corrected chi connectivity index (χ4v) is 2.47. The molecule has 0 aliphatic heterocycles. The van der Waals surface area contributed by atoms with Gasteiger partial charge in [-0.1, -0.05) is 27.2 Å². The molecule has 0 aromatic rings. The smallest absolute Gasteiger partial charge is 0.0541 e. The minimum atomic E-state index is -0.0355. The Kier molecular flexibility index (Phi) is 5.07. The van der Waals surface area contributed by atoms with Crippen LogP contribution in [0.5, 0.6) is 0 Å². The van der Waals surface area contributed by atoms with Crippen LogP contribution in [0.1, 0.15) is 59.3 Å². The SMILES string of the molecule is CCCC(C)(C)CNC1CCC(O)CC1. The summed E-state index contributed by atoms with van der Waals surface area (Å²) in [6, 6.07) is 0.643. The van der Waals surface area contributed by atoms with Crippen molar-refractivity contribution in [2.24, 2.45) is 5.41 Å². The second-order valence-electron chi connectivity index (χ2n) is 5.80. The number of hydrogen-bond donors (Lipinski definition) is 2. The molecular weight excluding hydrogens is 186 g/mol. The van der Waals surface area contributed by atoms with Gasteiger partial charge in [0, 0.05) is 12.6 Å². The predicted molar refractivity (Wildman–Crippen MR) is 65.0 cm³/mol. The quantitative estimate of drug-likeness (QED) is 0.736. The van der Waals surface area contributed by atoms with Crippen molar-refractivity contribution >= 4 is 0 Å². The van der Waals surface area contributed by atoms with Gasteiger partial charge in [-0.25, -0.2) is 0 Å². The summed E-state index contributed by atoms with van der Waals surface area (Å²) in [4.78, 5) is 0. The van der Waals surface area contributed by atoms with Gasteiger partial charge in [-0.05, 0) is 37.5 Å². The zero-order valence-electron chi connectivity index (χ0n) is 10.6. The maximum Gasteiger partial charge on any atom is 0.0541 e. The van der Waals surface area contributed by atoms with Gasteiger partial charge < -0.3 is 10.4 Å². The number of aliphatic hydroxyl groups is 1. The summed E-state index contributed by atoms with van der Waals surface area (Å²) in [6.07, 6.45) is 6.75. The average Bonchev–Trinajstić information content (AvgIpc) is 2.17. The highest BCUT2D eigenvalue weighted by Gasteiger charge is 2.22. The summed E-state index contributed by atoms with van der Waals surface area (Å²) in [5.74, 6) is 0. The third-order valence-corrected chi connectivity index (χ3v) is 3.49. The first kappa shape index (κ1) is 13.0. The second kappa shape index (κ2) is 5.86. The fraction of sp³-hybridized carbons (Fsp3) is 1.00. The van der Waals surface area contributed by atoms with Crippen LogP contribution in [0.3, 0.4) is 0 Å². The van der Waals surface area contributed by atoms with Gasteiger partial charge in [-0.2, -0.15) is 0 Å². The molecule has 0 amide bonds. The summed E-state index contributed by atoms with van der Waals surface area (Å²) in [5, 5.41) is 13.1.